The summed E-state index contributed by atoms with van der Waals surface area (Å²) in [4.78, 5) is 24.6. The standard InChI is InChI=1S/C25H23BrN2O6/c1-16(33-20-11-7-19(26)8-12-20)24(29)28-27-15-17-4-9-21(10-5-17)34-25(30)18-6-13-22(31-2)23(14-18)32-3/h4-16H,1-3H3,(H,28,29)/b27-15+. The van der Waals surface area contributed by atoms with Gasteiger partial charge in [-0.1, -0.05) is 15.9 Å². The molecule has 0 aliphatic heterocycles. The van der Waals surface area contributed by atoms with E-state index in [4.69, 9.17) is 18.9 Å². The van der Waals surface area contributed by atoms with E-state index in [0.29, 0.717) is 34.1 Å². The maximum atomic E-state index is 12.4. The number of carbonyl (C=O) groups is 2. The number of halogens is 1. The molecule has 0 saturated heterocycles. The van der Waals surface area contributed by atoms with Crippen LogP contribution >= 0.6 is 15.9 Å². The van der Waals surface area contributed by atoms with Crippen LogP contribution in [0.2, 0.25) is 0 Å². The van der Waals surface area contributed by atoms with Gasteiger partial charge in [0.15, 0.2) is 17.6 Å². The van der Waals surface area contributed by atoms with E-state index >= 15 is 0 Å². The molecule has 0 heterocycles. The van der Waals surface area contributed by atoms with Gasteiger partial charge in [-0.05, 0) is 79.2 Å². The molecule has 34 heavy (non-hydrogen) atoms. The molecule has 176 valence electrons. The summed E-state index contributed by atoms with van der Waals surface area (Å²) < 4.78 is 22.3. The minimum atomic E-state index is -0.725. The molecule has 0 saturated carbocycles. The molecule has 0 aliphatic rings. The second kappa shape index (κ2) is 11.9. The lowest BCUT2D eigenvalue weighted by molar-refractivity contribution is -0.127. The topological polar surface area (TPSA) is 95.5 Å². The van der Waals surface area contributed by atoms with E-state index in [2.05, 4.69) is 26.5 Å². The van der Waals surface area contributed by atoms with Crippen molar-refractivity contribution in [2.75, 3.05) is 14.2 Å². The Morgan fingerprint density at radius 1 is 0.912 bits per heavy atom. The summed E-state index contributed by atoms with van der Waals surface area (Å²) in [6.45, 7) is 1.63. The molecule has 1 atom stereocenters. The van der Waals surface area contributed by atoms with E-state index in [-0.39, 0.29) is 5.91 Å². The molecule has 1 amide bonds. The number of nitrogens with zero attached hydrogens (tertiary/aromatic N) is 1. The fourth-order valence-corrected chi connectivity index (χ4v) is 3.05. The van der Waals surface area contributed by atoms with Gasteiger partial charge in [0.2, 0.25) is 0 Å². The van der Waals surface area contributed by atoms with Crippen LogP contribution in [0.1, 0.15) is 22.8 Å². The Kier molecular flexibility index (Phi) is 8.64. The van der Waals surface area contributed by atoms with E-state index in [1.165, 1.54) is 20.4 Å². The van der Waals surface area contributed by atoms with Crippen molar-refractivity contribution in [1.29, 1.82) is 0 Å². The Hall–Kier alpha value is -3.85. The minimum absolute atomic E-state index is 0.325. The summed E-state index contributed by atoms with van der Waals surface area (Å²) in [6.07, 6.45) is 0.751. The number of amides is 1. The largest absolute Gasteiger partial charge is 0.493 e. The second-order valence-electron chi connectivity index (χ2n) is 6.98. The number of hydrazone groups is 1. The average molecular weight is 527 g/mol. The van der Waals surface area contributed by atoms with Crippen LogP contribution in [0.5, 0.6) is 23.0 Å². The molecule has 0 aromatic heterocycles. The van der Waals surface area contributed by atoms with Gasteiger partial charge in [0, 0.05) is 4.47 Å². The predicted molar refractivity (Wildman–Crippen MR) is 131 cm³/mol. The zero-order valence-corrected chi connectivity index (χ0v) is 20.4. The van der Waals surface area contributed by atoms with Gasteiger partial charge in [0.1, 0.15) is 11.5 Å². The fourth-order valence-electron chi connectivity index (χ4n) is 2.78. The van der Waals surface area contributed by atoms with Gasteiger partial charge < -0.3 is 18.9 Å². The van der Waals surface area contributed by atoms with E-state index in [0.717, 1.165) is 4.47 Å². The van der Waals surface area contributed by atoms with Crippen LogP contribution < -0.4 is 24.4 Å². The second-order valence-corrected chi connectivity index (χ2v) is 7.89. The number of ether oxygens (including phenoxy) is 4. The van der Waals surface area contributed by atoms with Gasteiger partial charge in [-0.15, -0.1) is 0 Å². The monoisotopic (exact) mass is 526 g/mol. The molecule has 3 rings (SSSR count). The van der Waals surface area contributed by atoms with Crippen molar-refractivity contribution in [2.24, 2.45) is 5.10 Å². The molecule has 0 radical (unpaired) electrons. The van der Waals surface area contributed by atoms with Crippen molar-refractivity contribution >= 4 is 34.0 Å². The van der Waals surface area contributed by atoms with Gasteiger partial charge in [0.25, 0.3) is 5.91 Å². The van der Waals surface area contributed by atoms with E-state index in [1.807, 2.05) is 12.1 Å². The van der Waals surface area contributed by atoms with Gasteiger partial charge in [-0.3, -0.25) is 4.79 Å². The fraction of sp³-hybridized carbons (Fsp3) is 0.160. The first kappa shape index (κ1) is 24.8. The van der Waals surface area contributed by atoms with Crippen LogP contribution in [0.15, 0.2) is 76.3 Å². The SMILES string of the molecule is COc1ccc(C(=O)Oc2ccc(/C=N/NC(=O)C(C)Oc3ccc(Br)cc3)cc2)cc1OC. The summed E-state index contributed by atoms with van der Waals surface area (Å²) in [5.74, 6) is 0.964. The number of methoxy groups -OCH3 is 2. The molecular formula is C25H23BrN2O6. The molecule has 0 fully saturated rings. The molecule has 0 aliphatic carbocycles. The Bertz CT molecular complexity index is 1160. The van der Waals surface area contributed by atoms with Crippen LogP contribution in [-0.4, -0.2) is 38.4 Å². The van der Waals surface area contributed by atoms with E-state index in [1.54, 1.807) is 61.5 Å². The van der Waals surface area contributed by atoms with E-state index < -0.39 is 12.1 Å². The first-order chi connectivity index (χ1) is 16.4. The number of nitrogens with one attached hydrogen (secondary N) is 1. The summed E-state index contributed by atoms with van der Waals surface area (Å²) >= 11 is 3.35. The van der Waals surface area contributed by atoms with Gasteiger partial charge >= 0.3 is 5.97 Å². The lowest BCUT2D eigenvalue weighted by atomic mass is 10.2. The normalized spacial score (nSPS) is 11.5. The van der Waals surface area contributed by atoms with Gasteiger partial charge in [-0.2, -0.15) is 5.10 Å². The number of hydrogen-bond acceptors (Lipinski definition) is 7. The molecule has 1 N–H and O–H groups in total. The Morgan fingerprint density at radius 2 is 1.56 bits per heavy atom. The molecule has 9 heteroatoms. The predicted octanol–water partition coefficient (Wildman–Crippen LogP) is 4.60. The number of esters is 1. The van der Waals surface area contributed by atoms with Crippen molar-refractivity contribution in [3.05, 3.63) is 82.3 Å². The summed E-state index contributed by atoms with van der Waals surface area (Å²) in [5.41, 5.74) is 3.47. The quantitative estimate of drug-likeness (QED) is 0.189. The highest BCUT2D eigenvalue weighted by Gasteiger charge is 2.14. The molecular weight excluding hydrogens is 504 g/mol. The average Bonchev–Trinajstić information content (AvgIpc) is 2.85. The van der Waals surface area contributed by atoms with Crippen molar-refractivity contribution < 1.29 is 28.5 Å². The zero-order chi connectivity index (χ0) is 24.5. The number of carbonyl (C=O) groups excluding carboxylic acids is 2. The highest BCUT2D eigenvalue weighted by Crippen LogP contribution is 2.28. The lowest BCUT2D eigenvalue weighted by Gasteiger charge is -2.12. The summed E-state index contributed by atoms with van der Waals surface area (Å²) in [5, 5.41) is 3.95. The number of hydrogen-bond donors (Lipinski definition) is 1. The molecule has 8 nitrogen and oxygen atoms in total. The molecule has 3 aromatic rings. The van der Waals surface area contributed by atoms with Crippen LogP contribution in [0, 0.1) is 0 Å². The Labute approximate surface area is 205 Å². The smallest absolute Gasteiger partial charge is 0.343 e. The Morgan fingerprint density at radius 3 is 2.21 bits per heavy atom. The first-order valence-electron chi connectivity index (χ1n) is 10.2. The zero-order valence-electron chi connectivity index (χ0n) is 18.8. The van der Waals surface area contributed by atoms with Crippen molar-refractivity contribution in [1.82, 2.24) is 5.43 Å². The lowest BCUT2D eigenvalue weighted by Crippen LogP contribution is -2.33. The molecule has 1 unspecified atom stereocenters. The van der Waals surface area contributed by atoms with Crippen LogP contribution in [0.3, 0.4) is 0 Å². The van der Waals surface area contributed by atoms with Crippen LogP contribution in [0.4, 0.5) is 0 Å². The molecule has 0 bridgehead atoms. The third kappa shape index (κ3) is 6.82. The highest BCUT2D eigenvalue weighted by molar-refractivity contribution is 9.10. The first-order valence-corrected chi connectivity index (χ1v) is 11.0. The van der Waals surface area contributed by atoms with Crippen LogP contribution in [-0.2, 0) is 4.79 Å². The molecule has 0 spiro atoms. The third-order valence-corrected chi connectivity index (χ3v) is 5.12. The number of benzene rings is 3. The summed E-state index contributed by atoms with van der Waals surface area (Å²) in [6, 6.07) is 18.6. The molecule has 3 aromatic carbocycles. The van der Waals surface area contributed by atoms with Crippen molar-refractivity contribution in [2.45, 2.75) is 13.0 Å². The van der Waals surface area contributed by atoms with Crippen LogP contribution in [0.25, 0.3) is 0 Å². The maximum absolute atomic E-state index is 12.4. The van der Waals surface area contributed by atoms with Crippen molar-refractivity contribution in [3.8, 4) is 23.0 Å². The summed E-state index contributed by atoms with van der Waals surface area (Å²) in [7, 11) is 3.01. The van der Waals surface area contributed by atoms with Gasteiger partial charge in [0.05, 0.1) is 26.0 Å². The minimum Gasteiger partial charge on any atom is -0.493 e. The highest BCUT2D eigenvalue weighted by atomic mass is 79.9. The van der Waals surface area contributed by atoms with E-state index in [9.17, 15) is 9.59 Å². The van der Waals surface area contributed by atoms with Gasteiger partial charge in [-0.25, -0.2) is 10.2 Å². The van der Waals surface area contributed by atoms with Crippen molar-refractivity contribution in [3.63, 3.8) is 0 Å². The maximum Gasteiger partial charge on any atom is 0.343 e. The Balaban J connectivity index is 1.52. The number of rotatable bonds is 9. The third-order valence-electron chi connectivity index (χ3n) is 4.59.